The lowest BCUT2D eigenvalue weighted by Gasteiger charge is -2.39. The second-order valence-electron chi connectivity index (χ2n) is 26.3. The highest BCUT2D eigenvalue weighted by atomic mass is 32.2. The zero-order valence-electron chi connectivity index (χ0n) is 65.0. The van der Waals surface area contributed by atoms with E-state index in [2.05, 4.69) is 26.8 Å². The summed E-state index contributed by atoms with van der Waals surface area (Å²) in [5, 5.41) is 0.958. The molecule has 19 nitrogen and oxygen atoms in total. The fraction of sp³-hybridized carbons (Fsp3) is 0.911. The maximum atomic E-state index is 6.72. The van der Waals surface area contributed by atoms with Gasteiger partial charge in [0, 0.05) is 26.2 Å². The first-order chi connectivity index (χ1) is 50.5. The van der Waals surface area contributed by atoms with E-state index < -0.39 is 12.5 Å². The predicted molar refractivity (Wildman–Crippen MR) is 424 cm³/mol. The summed E-state index contributed by atoms with van der Waals surface area (Å²) >= 11 is 12.1. The zero-order chi connectivity index (χ0) is 72.8. The molecule has 1 aromatic heterocycles. The van der Waals surface area contributed by atoms with Crippen molar-refractivity contribution in [1.82, 2.24) is 4.98 Å². The molecule has 0 N–H and O–H groups in total. The Balaban J connectivity index is 1.74. The molecule has 2 aromatic rings. The molecule has 0 aliphatic rings. The molecule has 1 heterocycles. The van der Waals surface area contributed by atoms with E-state index in [1.54, 1.807) is 11.3 Å². The van der Waals surface area contributed by atoms with Crippen molar-refractivity contribution < 1.29 is 84.3 Å². The summed E-state index contributed by atoms with van der Waals surface area (Å²) < 4.78 is 107. The number of benzene rings is 1. The van der Waals surface area contributed by atoms with Crippen molar-refractivity contribution in [2.45, 2.75) is 249 Å². The smallest absolute Gasteiger partial charge is 0.379 e. The average Bonchev–Trinajstić information content (AvgIpc) is 0.964. The van der Waals surface area contributed by atoms with Gasteiger partial charge in [-0.2, -0.15) is 25.3 Å². The monoisotopic (exact) mass is 1530 g/mol. The van der Waals surface area contributed by atoms with Crippen molar-refractivity contribution in [3.05, 3.63) is 29.3 Å². The molecule has 0 saturated carbocycles. The topological polar surface area (TPSA) is 179 Å². The van der Waals surface area contributed by atoms with E-state index in [0.717, 1.165) is 54.3 Å². The van der Waals surface area contributed by atoms with Gasteiger partial charge >= 0.3 is 8.80 Å². The summed E-state index contributed by atoms with van der Waals surface area (Å²) in [6.07, 6.45) is 44.9. The first-order valence-electron chi connectivity index (χ1n) is 40.8. The van der Waals surface area contributed by atoms with Crippen LogP contribution in [0.25, 0.3) is 10.2 Å². The van der Waals surface area contributed by atoms with Crippen LogP contribution in [-0.4, -0.2) is 236 Å². The van der Waals surface area contributed by atoms with Crippen molar-refractivity contribution in [1.29, 1.82) is 0 Å². The third kappa shape index (κ3) is 63.1. The van der Waals surface area contributed by atoms with E-state index in [4.69, 9.17) is 115 Å². The second-order valence-corrected chi connectivity index (χ2v) is 33.0. The largest absolute Gasteiger partial charge is 0.528 e. The maximum absolute atomic E-state index is 6.72. The Morgan fingerprint density at radius 1 is 0.275 bits per heavy atom. The molecule has 0 atom stereocenters. The van der Waals surface area contributed by atoms with Gasteiger partial charge in [0.05, 0.1) is 213 Å². The first-order valence-corrected chi connectivity index (χ1v) is 44.3. The number of fused-ring (bicyclic) bond motifs is 1. The lowest BCUT2D eigenvalue weighted by atomic mass is 10.1. The minimum Gasteiger partial charge on any atom is -0.379 e. The van der Waals surface area contributed by atoms with E-state index in [0.29, 0.717) is 171 Å². The third-order valence-corrected chi connectivity index (χ3v) is 23.4. The van der Waals surface area contributed by atoms with Gasteiger partial charge in [-0.3, -0.25) is 0 Å². The molecule has 0 bridgehead atoms. The Labute approximate surface area is 637 Å². The molecule has 0 unspecified atom stereocenters. The molecular weight excluding hydrogens is 1380 g/mol. The van der Waals surface area contributed by atoms with Crippen LogP contribution in [0.2, 0.25) is 0 Å². The van der Waals surface area contributed by atoms with E-state index >= 15 is 0 Å². The molecule has 0 fully saturated rings. The number of hydrogen-bond acceptors (Lipinski definition) is 22. The third-order valence-electron chi connectivity index (χ3n) is 17.2. The van der Waals surface area contributed by atoms with Crippen LogP contribution in [0.4, 0.5) is 0 Å². The summed E-state index contributed by atoms with van der Waals surface area (Å²) in [5.74, 6) is 0. The number of unbranched alkanes of at least 4 members (excludes halogenated alkanes) is 30. The second kappa shape index (κ2) is 78.4. The summed E-state index contributed by atoms with van der Waals surface area (Å²) in [6, 6.07) is 8.12. The molecule has 102 heavy (non-hydrogen) atoms. The van der Waals surface area contributed by atoms with Crippen LogP contribution >= 0.6 is 36.6 Å². The van der Waals surface area contributed by atoms with E-state index in [1.807, 2.05) is 18.2 Å². The molecule has 602 valence electrons. The minimum absolute atomic E-state index is 0.164. The predicted octanol–water partition coefficient (Wildman–Crippen LogP) is 17.5. The van der Waals surface area contributed by atoms with Crippen molar-refractivity contribution in [2.75, 3.05) is 218 Å². The number of aromatic nitrogens is 1. The number of para-hydroxylation sites is 1. The number of ether oxygens (including phenoxy) is 15. The number of thiol groups is 2. The Morgan fingerprint density at radius 3 is 0.716 bits per heavy atom. The van der Waals surface area contributed by atoms with Gasteiger partial charge < -0.3 is 84.3 Å². The van der Waals surface area contributed by atoms with Crippen molar-refractivity contribution in [3.63, 3.8) is 0 Å². The number of aryl methyl sites for hydroxylation is 1. The zero-order valence-corrected chi connectivity index (χ0v) is 68.6. The fourth-order valence-electron chi connectivity index (χ4n) is 11.2. The Kier molecular flexibility index (Phi) is 74.9. The SMILES string of the molecule is CCCCCCCCCCCCCOCCOCCOCCOCCOCCO[Si](OCCOCCOCCOCCOCCOCCCCCCCCCCCCC)(OCCOCCOCCOCCOCCOCCCCCCCCCCCCC)C(S)(S)CCc1nc2ccccc2s1. The Morgan fingerprint density at radius 2 is 0.480 bits per heavy atom. The van der Waals surface area contributed by atoms with E-state index in [1.165, 1.54) is 193 Å². The van der Waals surface area contributed by atoms with Crippen molar-refractivity contribution >= 4 is 55.6 Å². The van der Waals surface area contributed by atoms with Crippen LogP contribution in [0.5, 0.6) is 0 Å². The maximum Gasteiger partial charge on any atom is 0.528 e. The summed E-state index contributed by atoms with van der Waals surface area (Å²) in [6.45, 7) is 22.1. The van der Waals surface area contributed by atoms with Crippen molar-refractivity contribution in [2.24, 2.45) is 0 Å². The standard InChI is InChI=1S/C79H151NO18S3Si/c1-4-7-10-13-16-19-22-25-28-31-36-43-81-46-49-84-52-55-87-58-61-90-64-67-93-70-73-96-102(79(99,100)42-41-78-80-76-39-34-35-40-77(76)101-78,97-74-71-94-68-65-91-62-59-88-56-53-85-50-47-82-44-37-32-29-26-23-20-17-14-11-8-5-2)98-75-72-95-69-66-92-63-60-89-57-54-86-51-48-83-45-38-33-30-27-24-21-18-15-12-9-6-3/h34-35,39-40,99-100H,4-33,36-38,41-75H2,1-3H3. The van der Waals surface area contributed by atoms with Gasteiger partial charge in [0.25, 0.3) is 0 Å². The molecular formula is C79H151NO18S3Si. The van der Waals surface area contributed by atoms with Gasteiger partial charge in [0.1, 0.15) is 3.70 Å². The minimum atomic E-state index is -3.81. The molecule has 2 rings (SSSR count). The van der Waals surface area contributed by atoms with Crippen LogP contribution in [0.1, 0.15) is 244 Å². The Bertz CT molecular complexity index is 1790. The first kappa shape index (κ1) is 97.4. The van der Waals surface area contributed by atoms with Crippen LogP contribution in [0, 0.1) is 0 Å². The van der Waals surface area contributed by atoms with E-state index in [-0.39, 0.29) is 39.6 Å². The van der Waals surface area contributed by atoms with E-state index in [9.17, 15) is 0 Å². The van der Waals surface area contributed by atoms with Gasteiger partial charge in [-0.05, 0) is 37.8 Å². The summed E-state index contributed by atoms with van der Waals surface area (Å²) in [5.41, 5.74) is 0.952. The highest BCUT2D eigenvalue weighted by Gasteiger charge is 2.58. The lowest BCUT2D eigenvalue weighted by molar-refractivity contribution is -0.0295. The van der Waals surface area contributed by atoms with Crippen LogP contribution < -0.4 is 0 Å². The van der Waals surface area contributed by atoms with Gasteiger partial charge in [-0.1, -0.05) is 226 Å². The van der Waals surface area contributed by atoms with Gasteiger partial charge in [0.2, 0.25) is 0 Å². The highest BCUT2D eigenvalue weighted by molar-refractivity contribution is 8.03. The quantitative estimate of drug-likeness (QED) is 0.0276. The fourth-order valence-corrected chi connectivity index (χ4v) is 16.0. The van der Waals surface area contributed by atoms with Crippen LogP contribution in [-0.2, 0) is 90.8 Å². The van der Waals surface area contributed by atoms with Crippen molar-refractivity contribution in [3.8, 4) is 0 Å². The normalized spacial score (nSPS) is 12.2. The molecule has 0 aliphatic heterocycles. The number of thiazole rings is 1. The number of hydrogen-bond donors (Lipinski definition) is 2. The molecule has 1 aromatic carbocycles. The number of nitrogens with zero attached hydrogens (tertiary/aromatic N) is 1. The molecule has 0 saturated heterocycles. The highest BCUT2D eigenvalue weighted by Crippen LogP contribution is 2.39. The van der Waals surface area contributed by atoms with Gasteiger partial charge in [-0.15, -0.1) is 11.3 Å². The van der Waals surface area contributed by atoms with Crippen LogP contribution in [0.3, 0.4) is 0 Å². The molecule has 23 heteroatoms. The van der Waals surface area contributed by atoms with Crippen LogP contribution in [0.15, 0.2) is 24.3 Å². The lowest BCUT2D eigenvalue weighted by Crippen LogP contribution is -2.61. The molecule has 0 spiro atoms. The van der Waals surface area contributed by atoms with Gasteiger partial charge in [-0.25, -0.2) is 4.98 Å². The van der Waals surface area contributed by atoms with Gasteiger partial charge in [0.15, 0.2) is 0 Å². The number of rotatable bonds is 88. The summed E-state index contributed by atoms with van der Waals surface area (Å²) in [7, 11) is -3.81. The Hall–Kier alpha value is -0.693. The summed E-state index contributed by atoms with van der Waals surface area (Å²) in [4.78, 5) is 4.90. The molecule has 0 radical (unpaired) electrons. The average molecular weight is 1530 g/mol. The molecule has 0 amide bonds. The molecule has 0 aliphatic carbocycles.